The van der Waals surface area contributed by atoms with E-state index in [9.17, 15) is 27.6 Å². The lowest BCUT2D eigenvalue weighted by molar-refractivity contribution is -0.174. The van der Waals surface area contributed by atoms with Crippen LogP contribution in [0, 0.1) is 0 Å². The first-order valence-electron chi connectivity index (χ1n) is 14.8. The third kappa shape index (κ3) is 14.9. The summed E-state index contributed by atoms with van der Waals surface area (Å²) in [4.78, 5) is 43.9. The highest BCUT2D eigenvalue weighted by molar-refractivity contribution is 7.09. The Hall–Kier alpha value is -3.51. The summed E-state index contributed by atoms with van der Waals surface area (Å²) in [7, 11) is 3.98. The van der Waals surface area contributed by atoms with Crippen LogP contribution in [0.4, 0.5) is 13.2 Å². The summed E-state index contributed by atoms with van der Waals surface area (Å²) < 4.78 is 50.4. The van der Waals surface area contributed by atoms with Crippen LogP contribution in [0.5, 0.6) is 0 Å². The van der Waals surface area contributed by atoms with E-state index in [1.54, 1.807) is 38.3 Å². The fourth-order valence-electron chi connectivity index (χ4n) is 4.48. The zero-order chi connectivity index (χ0) is 33.7. The second-order valence-electron chi connectivity index (χ2n) is 11.7. The summed E-state index contributed by atoms with van der Waals surface area (Å²) in [6.07, 6.45) is 6.36. The predicted molar refractivity (Wildman–Crippen MR) is 170 cm³/mol. The molecule has 1 aromatic heterocycles. The molecule has 2 bridgehead atoms. The van der Waals surface area contributed by atoms with Crippen molar-refractivity contribution >= 4 is 29.2 Å². The van der Waals surface area contributed by atoms with Crippen molar-refractivity contribution in [3.63, 3.8) is 0 Å². The van der Waals surface area contributed by atoms with Crippen molar-refractivity contribution in [1.29, 1.82) is 0 Å². The summed E-state index contributed by atoms with van der Waals surface area (Å²) in [6.45, 7) is 9.95. The van der Waals surface area contributed by atoms with E-state index < -0.39 is 54.6 Å². The minimum absolute atomic E-state index is 0.0280. The van der Waals surface area contributed by atoms with Gasteiger partial charge in [-0.3, -0.25) is 9.59 Å². The number of amides is 1. The van der Waals surface area contributed by atoms with E-state index in [1.165, 1.54) is 17.4 Å². The minimum Gasteiger partial charge on any atom is -0.462 e. The molecule has 0 radical (unpaired) electrons. The van der Waals surface area contributed by atoms with E-state index in [2.05, 4.69) is 16.0 Å². The average molecular weight is 652 g/mol. The smallest absolute Gasteiger partial charge is 0.462 e. The Morgan fingerprint density at radius 1 is 1.11 bits per heavy atom. The van der Waals surface area contributed by atoms with Gasteiger partial charge in [-0.05, 0) is 54.3 Å². The van der Waals surface area contributed by atoms with E-state index in [1.807, 2.05) is 51.5 Å². The summed E-state index contributed by atoms with van der Waals surface area (Å²) in [5.74, 6) is -3.78. The van der Waals surface area contributed by atoms with Gasteiger partial charge in [-0.1, -0.05) is 54.0 Å². The number of alkyl halides is 3. The number of hydrogen-bond acceptors (Lipinski definition) is 8. The Balaban J connectivity index is 2.40. The number of likely N-dealkylation sites (N-methyl/N-ethyl adjacent to an activating group) is 1. The standard InChI is InChI=1S/C33H44F3N3O5S/c1-21(13-14-39(6)7)11-12-23(3)16-27-19-29-38-28(20-45-29)24(4)17-26(37-32(42)33(34,35)36)18-31(41)43-25(5)15-22(2)9-8-10-30(40)44-27/h8-13,16,20,24-27H,14-15,17-19H2,1-7H3,(H,37,42)/b10-8-,12-11+,21-13+,22-9+,23-16+/t24-,25-,26+,27+/m0/s1. The molecule has 0 saturated heterocycles. The Labute approximate surface area is 267 Å². The number of aromatic nitrogens is 1. The van der Waals surface area contributed by atoms with Gasteiger partial charge in [-0.25, -0.2) is 9.78 Å². The minimum atomic E-state index is -5.09. The number of nitrogens with one attached hydrogen (secondary N) is 1. The maximum absolute atomic E-state index is 13.1. The number of cyclic esters (lactones) is 2. The highest BCUT2D eigenvalue weighted by Crippen LogP contribution is 2.26. The van der Waals surface area contributed by atoms with Crippen LogP contribution in [0.25, 0.3) is 0 Å². The van der Waals surface area contributed by atoms with Gasteiger partial charge in [0.15, 0.2) is 0 Å². The van der Waals surface area contributed by atoms with E-state index in [4.69, 9.17) is 9.47 Å². The molecular weight excluding hydrogens is 607 g/mol. The zero-order valence-corrected chi connectivity index (χ0v) is 27.8. The summed E-state index contributed by atoms with van der Waals surface area (Å²) in [5, 5.41) is 4.39. The van der Waals surface area contributed by atoms with Crippen LogP contribution < -0.4 is 5.32 Å². The first kappa shape index (κ1) is 37.7. The molecule has 4 atom stereocenters. The molecule has 1 aliphatic rings. The van der Waals surface area contributed by atoms with Crippen LogP contribution in [0.15, 0.2) is 64.6 Å². The van der Waals surface area contributed by atoms with Crippen molar-refractivity contribution in [2.24, 2.45) is 0 Å². The van der Waals surface area contributed by atoms with E-state index in [-0.39, 0.29) is 12.8 Å². The van der Waals surface area contributed by atoms with Crippen LogP contribution >= 0.6 is 11.3 Å². The molecule has 0 unspecified atom stereocenters. The van der Waals surface area contributed by atoms with Crippen LogP contribution in [0.3, 0.4) is 0 Å². The number of carbonyl (C=O) groups excluding carboxylic acids is 3. The second kappa shape index (κ2) is 17.8. The Bertz CT molecular complexity index is 1330. The average Bonchev–Trinajstić information content (AvgIpc) is 3.37. The maximum atomic E-state index is 13.1. The molecule has 248 valence electrons. The van der Waals surface area contributed by atoms with Crippen molar-refractivity contribution in [3.05, 3.63) is 75.3 Å². The molecule has 0 spiro atoms. The summed E-state index contributed by atoms with van der Waals surface area (Å²) in [6, 6.07) is -1.12. The molecule has 2 heterocycles. The molecule has 12 heteroatoms. The maximum Gasteiger partial charge on any atom is 0.471 e. The van der Waals surface area contributed by atoms with Gasteiger partial charge in [-0.2, -0.15) is 13.2 Å². The van der Waals surface area contributed by atoms with Gasteiger partial charge < -0.3 is 19.7 Å². The highest BCUT2D eigenvalue weighted by atomic mass is 32.1. The van der Waals surface area contributed by atoms with Crippen LogP contribution in [0.1, 0.15) is 70.5 Å². The number of fused-ring (bicyclic) bond motifs is 2. The second-order valence-corrected chi connectivity index (χ2v) is 12.6. The number of nitrogens with zero attached hydrogens (tertiary/aromatic N) is 2. The fraction of sp³-hybridized carbons (Fsp3) is 0.515. The number of ether oxygens (including phenoxy) is 2. The topological polar surface area (TPSA) is 97.8 Å². The largest absolute Gasteiger partial charge is 0.471 e. The third-order valence-electron chi connectivity index (χ3n) is 6.75. The molecule has 1 aromatic rings. The van der Waals surface area contributed by atoms with Crippen molar-refractivity contribution in [2.45, 2.75) is 90.6 Å². The van der Waals surface area contributed by atoms with Gasteiger partial charge in [0.2, 0.25) is 0 Å². The van der Waals surface area contributed by atoms with Crippen molar-refractivity contribution in [3.8, 4) is 0 Å². The van der Waals surface area contributed by atoms with Crippen molar-refractivity contribution in [1.82, 2.24) is 15.2 Å². The first-order valence-corrected chi connectivity index (χ1v) is 15.6. The van der Waals surface area contributed by atoms with Crippen LogP contribution in [-0.4, -0.2) is 72.8 Å². The summed E-state index contributed by atoms with van der Waals surface area (Å²) in [5.41, 5.74) is 3.37. The highest BCUT2D eigenvalue weighted by Gasteiger charge is 2.40. The Morgan fingerprint density at radius 3 is 2.47 bits per heavy atom. The number of allylic oxidation sites excluding steroid dienone is 6. The number of hydrogen-bond donors (Lipinski definition) is 1. The van der Waals surface area contributed by atoms with Gasteiger partial charge in [-0.15, -0.1) is 11.3 Å². The molecule has 0 fully saturated rings. The van der Waals surface area contributed by atoms with Gasteiger partial charge in [0.05, 0.1) is 17.1 Å². The lowest BCUT2D eigenvalue weighted by atomic mass is 9.97. The lowest BCUT2D eigenvalue weighted by Gasteiger charge is -2.23. The number of carbonyl (C=O) groups is 3. The molecule has 0 saturated carbocycles. The quantitative estimate of drug-likeness (QED) is 0.282. The number of thiazole rings is 1. The first-order chi connectivity index (χ1) is 21.0. The van der Waals surface area contributed by atoms with Crippen molar-refractivity contribution in [2.75, 3.05) is 20.6 Å². The Kier molecular flexibility index (Phi) is 14.9. The molecule has 1 aliphatic heterocycles. The predicted octanol–water partition coefficient (Wildman–Crippen LogP) is 6.38. The monoisotopic (exact) mass is 651 g/mol. The molecular formula is C33H44F3N3O5S. The van der Waals surface area contributed by atoms with Gasteiger partial charge in [0, 0.05) is 42.8 Å². The van der Waals surface area contributed by atoms with E-state index >= 15 is 0 Å². The number of rotatable bonds is 6. The fourth-order valence-corrected chi connectivity index (χ4v) is 5.44. The van der Waals surface area contributed by atoms with Crippen LogP contribution in [-0.2, 0) is 30.3 Å². The molecule has 45 heavy (non-hydrogen) atoms. The number of halogens is 3. The molecule has 1 N–H and O–H groups in total. The molecule has 1 amide bonds. The normalized spacial score (nSPS) is 25.4. The van der Waals surface area contributed by atoms with Gasteiger partial charge >= 0.3 is 24.0 Å². The molecule has 8 nitrogen and oxygen atoms in total. The van der Waals surface area contributed by atoms with Gasteiger partial charge in [0.1, 0.15) is 12.2 Å². The number of esters is 2. The zero-order valence-electron chi connectivity index (χ0n) is 26.9. The lowest BCUT2D eigenvalue weighted by Crippen LogP contribution is -2.44. The Morgan fingerprint density at radius 2 is 1.80 bits per heavy atom. The van der Waals surface area contributed by atoms with Crippen molar-refractivity contribution < 1.29 is 37.0 Å². The molecule has 2 rings (SSSR count). The van der Waals surface area contributed by atoms with E-state index in [0.717, 1.165) is 23.3 Å². The van der Waals surface area contributed by atoms with Crippen LogP contribution in [0.2, 0.25) is 0 Å². The molecule has 0 aromatic carbocycles. The SMILES string of the molecule is CC(/C=C/C(C)=C/[C@@H]1Cc2nc(cs2)[C@@H](C)C[C@@H](NC(=O)C(F)(F)F)CC(=O)O[C@@H](C)C/C(C)=C/C=C\C(=O)O1)=C\CN(C)C. The molecule has 0 aliphatic carbocycles. The third-order valence-corrected chi connectivity index (χ3v) is 7.64. The van der Waals surface area contributed by atoms with E-state index in [0.29, 0.717) is 17.1 Å². The summed E-state index contributed by atoms with van der Waals surface area (Å²) >= 11 is 1.33. The van der Waals surface area contributed by atoms with Gasteiger partial charge in [0.25, 0.3) is 0 Å².